The average Bonchev–Trinajstić information content (AvgIpc) is 2.49. The van der Waals surface area contributed by atoms with Crippen LogP contribution in [0.2, 0.25) is 5.02 Å². The average molecular weight is 322 g/mol. The number of hydrogen-bond donors (Lipinski definition) is 1. The molecule has 1 heterocycles. The van der Waals surface area contributed by atoms with E-state index in [0.29, 0.717) is 18.8 Å². The van der Waals surface area contributed by atoms with Crippen LogP contribution in [-0.4, -0.2) is 16.4 Å². The Labute approximate surface area is 134 Å². The second-order valence-electron chi connectivity index (χ2n) is 5.15. The molecule has 2 rings (SSSR count). The number of halogens is 1. The lowest BCUT2D eigenvalue weighted by atomic mass is 10.2. The fraction of sp³-hybridized carbons (Fsp3) is 0.375. The molecule has 2 aromatic rings. The summed E-state index contributed by atoms with van der Waals surface area (Å²) in [7, 11) is 0. The second kappa shape index (κ2) is 7.31. The molecule has 0 saturated heterocycles. The minimum Gasteiger partial charge on any atom is -0.494 e. The third-order valence-electron chi connectivity index (χ3n) is 3.13. The van der Waals surface area contributed by atoms with Gasteiger partial charge in [-0.2, -0.15) is 5.10 Å². The van der Waals surface area contributed by atoms with Gasteiger partial charge in [0.05, 0.1) is 24.5 Å². The van der Waals surface area contributed by atoms with Crippen molar-refractivity contribution in [1.29, 1.82) is 0 Å². The summed E-state index contributed by atoms with van der Waals surface area (Å²) in [6, 6.07) is 7.74. The summed E-state index contributed by atoms with van der Waals surface area (Å²) >= 11 is 6.13. The maximum Gasteiger partial charge on any atom is 0.287 e. The first kappa shape index (κ1) is 16.4. The van der Waals surface area contributed by atoms with E-state index >= 15 is 0 Å². The van der Waals surface area contributed by atoms with Gasteiger partial charge < -0.3 is 10.1 Å². The van der Waals surface area contributed by atoms with Crippen LogP contribution in [0.15, 0.2) is 35.3 Å². The lowest BCUT2D eigenvalue weighted by Gasteiger charge is -2.12. The normalized spacial score (nSPS) is 10.8. The van der Waals surface area contributed by atoms with Gasteiger partial charge in [-0.3, -0.25) is 4.79 Å². The number of ether oxygens (including phenoxy) is 1. The molecule has 5 nitrogen and oxygen atoms in total. The maximum atomic E-state index is 12.1. The highest BCUT2D eigenvalue weighted by atomic mass is 35.5. The van der Waals surface area contributed by atoms with Crippen LogP contribution >= 0.6 is 11.6 Å². The molecule has 0 amide bonds. The Kier molecular flexibility index (Phi) is 5.44. The van der Waals surface area contributed by atoms with Crippen LogP contribution in [0.5, 0.6) is 5.75 Å². The zero-order valence-corrected chi connectivity index (χ0v) is 13.7. The highest BCUT2D eigenvalue weighted by molar-refractivity contribution is 6.32. The van der Waals surface area contributed by atoms with Crippen molar-refractivity contribution >= 4 is 17.3 Å². The molecule has 1 aromatic heterocycles. The number of benzene rings is 1. The summed E-state index contributed by atoms with van der Waals surface area (Å²) in [4.78, 5) is 12.1. The summed E-state index contributed by atoms with van der Waals surface area (Å²) in [5.41, 5.74) is 1.28. The third-order valence-corrected chi connectivity index (χ3v) is 3.49. The molecule has 0 fully saturated rings. The summed E-state index contributed by atoms with van der Waals surface area (Å²) < 4.78 is 6.83. The predicted molar refractivity (Wildman–Crippen MR) is 88.8 cm³/mol. The smallest absolute Gasteiger partial charge is 0.287 e. The van der Waals surface area contributed by atoms with Crippen molar-refractivity contribution in [3.8, 4) is 5.75 Å². The minimum absolute atomic E-state index is 0.0260. The molecule has 0 aliphatic heterocycles. The van der Waals surface area contributed by atoms with Crippen molar-refractivity contribution in [3.63, 3.8) is 0 Å². The number of aromatic nitrogens is 2. The van der Waals surface area contributed by atoms with Gasteiger partial charge in [-0.25, -0.2) is 4.68 Å². The van der Waals surface area contributed by atoms with Crippen molar-refractivity contribution in [1.82, 2.24) is 9.78 Å². The summed E-state index contributed by atoms with van der Waals surface area (Å²) in [6.07, 6.45) is 1.58. The standard InChI is InChI=1S/C16H20ClN3O2/c1-4-22-13-7-5-6-12(8-13)9-18-14-10-19-20(11(2)3)16(21)15(14)17/h5-8,10-11,18H,4,9H2,1-3H3. The zero-order chi connectivity index (χ0) is 16.1. The predicted octanol–water partition coefficient (Wildman–Crippen LogP) is 3.49. The van der Waals surface area contributed by atoms with Crippen LogP contribution in [0.25, 0.3) is 0 Å². The molecule has 0 atom stereocenters. The van der Waals surface area contributed by atoms with Crippen molar-refractivity contribution in [2.24, 2.45) is 0 Å². The van der Waals surface area contributed by atoms with E-state index < -0.39 is 0 Å². The molecule has 0 saturated carbocycles. The van der Waals surface area contributed by atoms with Gasteiger partial charge in [0.25, 0.3) is 5.56 Å². The van der Waals surface area contributed by atoms with Gasteiger partial charge in [0.2, 0.25) is 0 Å². The summed E-state index contributed by atoms with van der Waals surface area (Å²) in [6.45, 7) is 6.88. The molecule has 0 bridgehead atoms. The van der Waals surface area contributed by atoms with Crippen LogP contribution in [0.1, 0.15) is 32.4 Å². The first-order chi connectivity index (χ1) is 10.5. The molecular weight excluding hydrogens is 302 g/mol. The number of nitrogens with zero attached hydrogens (tertiary/aromatic N) is 2. The van der Waals surface area contributed by atoms with E-state index in [-0.39, 0.29) is 16.6 Å². The molecule has 0 spiro atoms. The molecule has 0 radical (unpaired) electrons. The number of hydrogen-bond acceptors (Lipinski definition) is 4. The summed E-state index contributed by atoms with van der Waals surface area (Å²) in [5, 5.41) is 7.43. The molecule has 118 valence electrons. The Hall–Kier alpha value is -2.01. The van der Waals surface area contributed by atoms with Gasteiger partial charge in [0, 0.05) is 6.54 Å². The van der Waals surface area contributed by atoms with Gasteiger partial charge in [-0.05, 0) is 38.5 Å². The second-order valence-corrected chi connectivity index (χ2v) is 5.53. The van der Waals surface area contributed by atoms with E-state index in [0.717, 1.165) is 11.3 Å². The van der Waals surface area contributed by atoms with E-state index in [1.54, 1.807) is 6.20 Å². The van der Waals surface area contributed by atoms with Gasteiger partial charge in [0.15, 0.2) is 0 Å². The number of rotatable bonds is 6. The first-order valence-electron chi connectivity index (χ1n) is 7.25. The van der Waals surface area contributed by atoms with Crippen LogP contribution in [0.4, 0.5) is 5.69 Å². The lowest BCUT2D eigenvalue weighted by molar-refractivity contribution is 0.340. The Balaban J connectivity index is 2.13. The lowest BCUT2D eigenvalue weighted by Crippen LogP contribution is -2.25. The molecule has 6 heteroatoms. The quantitative estimate of drug-likeness (QED) is 0.885. The van der Waals surface area contributed by atoms with Crippen molar-refractivity contribution in [2.45, 2.75) is 33.4 Å². The summed E-state index contributed by atoms with van der Waals surface area (Å²) in [5.74, 6) is 0.821. The Morgan fingerprint density at radius 2 is 2.18 bits per heavy atom. The Bertz CT molecular complexity index is 698. The number of nitrogens with one attached hydrogen (secondary N) is 1. The van der Waals surface area contributed by atoms with E-state index in [1.807, 2.05) is 45.0 Å². The monoisotopic (exact) mass is 321 g/mol. The highest BCUT2D eigenvalue weighted by Gasteiger charge is 2.11. The van der Waals surface area contributed by atoms with E-state index in [2.05, 4.69) is 10.4 Å². The molecule has 0 aliphatic carbocycles. The zero-order valence-electron chi connectivity index (χ0n) is 13.0. The Morgan fingerprint density at radius 3 is 2.86 bits per heavy atom. The van der Waals surface area contributed by atoms with Crippen molar-refractivity contribution in [2.75, 3.05) is 11.9 Å². The van der Waals surface area contributed by atoms with Gasteiger partial charge in [0.1, 0.15) is 10.8 Å². The van der Waals surface area contributed by atoms with Crippen molar-refractivity contribution in [3.05, 3.63) is 51.4 Å². The fourth-order valence-electron chi connectivity index (χ4n) is 2.05. The fourth-order valence-corrected chi connectivity index (χ4v) is 2.25. The van der Waals surface area contributed by atoms with E-state index in [1.165, 1.54) is 4.68 Å². The van der Waals surface area contributed by atoms with Crippen LogP contribution < -0.4 is 15.6 Å². The first-order valence-corrected chi connectivity index (χ1v) is 7.63. The topological polar surface area (TPSA) is 56.1 Å². The number of anilines is 1. The highest BCUT2D eigenvalue weighted by Crippen LogP contribution is 2.19. The SMILES string of the molecule is CCOc1cccc(CNc2cnn(C(C)C)c(=O)c2Cl)c1. The molecular formula is C16H20ClN3O2. The van der Waals surface area contributed by atoms with Crippen molar-refractivity contribution < 1.29 is 4.74 Å². The van der Waals surface area contributed by atoms with Crippen LogP contribution in [0.3, 0.4) is 0 Å². The van der Waals surface area contributed by atoms with Gasteiger partial charge >= 0.3 is 0 Å². The Morgan fingerprint density at radius 1 is 1.41 bits per heavy atom. The largest absolute Gasteiger partial charge is 0.494 e. The van der Waals surface area contributed by atoms with E-state index in [4.69, 9.17) is 16.3 Å². The van der Waals surface area contributed by atoms with E-state index in [9.17, 15) is 4.79 Å². The maximum absolute atomic E-state index is 12.1. The molecule has 0 unspecified atom stereocenters. The molecule has 1 aromatic carbocycles. The van der Waals surface area contributed by atoms with Gasteiger partial charge in [-0.15, -0.1) is 0 Å². The molecule has 22 heavy (non-hydrogen) atoms. The molecule has 1 N–H and O–H groups in total. The van der Waals surface area contributed by atoms with Crippen LogP contribution in [0, 0.1) is 0 Å². The molecule has 0 aliphatic rings. The van der Waals surface area contributed by atoms with Crippen LogP contribution in [-0.2, 0) is 6.54 Å². The van der Waals surface area contributed by atoms with Gasteiger partial charge in [-0.1, -0.05) is 23.7 Å². The minimum atomic E-state index is -0.287. The third kappa shape index (κ3) is 3.80.